The first-order chi connectivity index (χ1) is 13.5. The maximum Gasteiger partial charge on any atom is 0.316 e. The number of esters is 1. The zero-order valence-corrected chi connectivity index (χ0v) is 17.6. The lowest BCUT2D eigenvalue weighted by Gasteiger charge is -2.12. The summed E-state index contributed by atoms with van der Waals surface area (Å²) in [6.07, 6.45) is 0. The zero-order chi connectivity index (χ0) is 20.1. The van der Waals surface area contributed by atoms with Gasteiger partial charge in [0.1, 0.15) is 0 Å². The third-order valence-corrected chi connectivity index (χ3v) is 5.33. The highest BCUT2D eigenvalue weighted by molar-refractivity contribution is 7.99. The summed E-state index contributed by atoms with van der Waals surface area (Å²) in [4.78, 5) is 11.8. The monoisotopic (exact) mass is 415 g/mol. The van der Waals surface area contributed by atoms with Crippen LogP contribution in [0, 0.1) is 0 Å². The lowest BCUT2D eigenvalue weighted by atomic mass is 10.0. The van der Waals surface area contributed by atoms with Gasteiger partial charge in [0.15, 0.2) is 11.0 Å². The summed E-state index contributed by atoms with van der Waals surface area (Å²) in [6.45, 7) is 6.47. The molecule has 5 nitrogen and oxygen atoms in total. The van der Waals surface area contributed by atoms with Crippen LogP contribution in [0.15, 0.2) is 53.7 Å². The van der Waals surface area contributed by atoms with E-state index in [-0.39, 0.29) is 11.7 Å². The quantitative estimate of drug-likeness (QED) is 0.383. The summed E-state index contributed by atoms with van der Waals surface area (Å²) in [6, 6.07) is 15.8. The molecule has 0 bridgehead atoms. The van der Waals surface area contributed by atoms with Gasteiger partial charge in [-0.25, -0.2) is 0 Å². The van der Waals surface area contributed by atoms with E-state index in [0.29, 0.717) is 28.5 Å². The van der Waals surface area contributed by atoms with Gasteiger partial charge in [0.05, 0.1) is 12.4 Å². The summed E-state index contributed by atoms with van der Waals surface area (Å²) in [7, 11) is 0. The second-order valence-electron chi connectivity index (χ2n) is 6.49. The first kappa shape index (κ1) is 20.4. The van der Waals surface area contributed by atoms with Crippen LogP contribution in [0.5, 0.6) is 0 Å². The number of nitrogens with zero attached hydrogens (tertiary/aromatic N) is 3. The molecule has 0 spiro atoms. The maximum atomic E-state index is 11.8. The third kappa shape index (κ3) is 4.75. The minimum absolute atomic E-state index is 0.177. The molecule has 0 saturated heterocycles. The smallest absolute Gasteiger partial charge is 0.316 e. The van der Waals surface area contributed by atoms with Gasteiger partial charge in [-0.15, -0.1) is 10.2 Å². The largest absolute Gasteiger partial charge is 0.465 e. The highest BCUT2D eigenvalue weighted by atomic mass is 35.5. The molecule has 2 aromatic carbocycles. The van der Waals surface area contributed by atoms with Crippen molar-refractivity contribution in [2.75, 3.05) is 12.4 Å². The highest BCUT2D eigenvalue weighted by Gasteiger charge is 2.18. The predicted molar refractivity (Wildman–Crippen MR) is 113 cm³/mol. The molecule has 7 heteroatoms. The molecular formula is C21H22ClN3O2S. The molecule has 0 amide bonds. The zero-order valence-electron chi connectivity index (χ0n) is 16.1. The minimum Gasteiger partial charge on any atom is -0.465 e. The number of hydrogen-bond acceptors (Lipinski definition) is 5. The molecule has 1 aromatic heterocycles. The van der Waals surface area contributed by atoms with Gasteiger partial charge < -0.3 is 4.74 Å². The summed E-state index contributed by atoms with van der Waals surface area (Å²) in [5.41, 5.74) is 3.09. The van der Waals surface area contributed by atoms with Crippen LogP contribution < -0.4 is 0 Å². The summed E-state index contributed by atoms with van der Waals surface area (Å²) in [5.74, 6) is 1.05. The van der Waals surface area contributed by atoms with E-state index in [1.807, 2.05) is 41.0 Å². The van der Waals surface area contributed by atoms with Crippen LogP contribution >= 0.6 is 23.4 Å². The molecule has 1 heterocycles. The fourth-order valence-electron chi connectivity index (χ4n) is 2.72. The minimum atomic E-state index is -0.273. The summed E-state index contributed by atoms with van der Waals surface area (Å²) >= 11 is 7.33. The van der Waals surface area contributed by atoms with Crippen molar-refractivity contribution in [1.29, 1.82) is 0 Å². The van der Waals surface area contributed by atoms with Crippen LogP contribution in [0.2, 0.25) is 5.02 Å². The summed E-state index contributed by atoms with van der Waals surface area (Å²) < 4.78 is 6.98. The Labute approximate surface area is 174 Å². The number of aromatic nitrogens is 3. The van der Waals surface area contributed by atoms with Crippen molar-refractivity contribution in [3.8, 4) is 17.1 Å². The number of benzene rings is 2. The van der Waals surface area contributed by atoms with E-state index in [1.54, 1.807) is 6.92 Å². The average Bonchev–Trinajstić information content (AvgIpc) is 3.11. The van der Waals surface area contributed by atoms with Crippen molar-refractivity contribution in [3.05, 3.63) is 59.1 Å². The normalized spacial score (nSPS) is 11.0. The molecule has 0 saturated carbocycles. The third-order valence-electron chi connectivity index (χ3n) is 4.18. The first-order valence-corrected chi connectivity index (χ1v) is 10.5. The molecular weight excluding hydrogens is 394 g/mol. The topological polar surface area (TPSA) is 57.0 Å². The SMILES string of the molecule is CCOC(=O)CSc1nnc(-c2ccc(Cl)cc2)n1-c1ccc(C(C)C)cc1. The Bertz CT molecular complexity index is 937. The van der Waals surface area contributed by atoms with Gasteiger partial charge in [-0.1, -0.05) is 49.3 Å². The molecule has 28 heavy (non-hydrogen) atoms. The Morgan fingerprint density at radius 2 is 1.79 bits per heavy atom. The number of carbonyl (C=O) groups is 1. The summed E-state index contributed by atoms with van der Waals surface area (Å²) in [5, 5.41) is 9.98. The maximum absolute atomic E-state index is 11.8. The van der Waals surface area contributed by atoms with E-state index in [0.717, 1.165) is 11.3 Å². The van der Waals surface area contributed by atoms with Crippen molar-refractivity contribution < 1.29 is 9.53 Å². The Hall–Kier alpha value is -2.31. The van der Waals surface area contributed by atoms with Gasteiger partial charge in [-0.3, -0.25) is 9.36 Å². The van der Waals surface area contributed by atoms with Crippen LogP contribution in [0.4, 0.5) is 0 Å². The van der Waals surface area contributed by atoms with Crippen LogP contribution in [0.3, 0.4) is 0 Å². The average molecular weight is 416 g/mol. The van der Waals surface area contributed by atoms with Gasteiger partial charge in [0, 0.05) is 16.3 Å². The Morgan fingerprint density at radius 3 is 2.39 bits per heavy atom. The van der Waals surface area contributed by atoms with Gasteiger partial charge in [0.25, 0.3) is 0 Å². The van der Waals surface area contributed by atoms with Gasteiger partial charge in [-0.05, 0) is 54.8 Å². The van der Waals surface area contributed by atoms with Gasteiger partial charge in [-0.2, -0.15) is 0 Å². The second kappa shape index (κ2) is 9.26. The van der Waals surface area contributed by atoms with Crippen LogP contribution in [-0.2, 0) is 9.53 Å². The molecule has 0 aliphatic rings. The number of carbonyl (C=O) groups excluding carboxylic acids is 1. The van der Waals surface area contributed by atoms with Crippen LogP contribution in [0.1, 0.15) is 32.3 Å². The molecule has 0 radical (unpaired) electrons. The van der Waals surface area contributed by atoms with Crippen LogP contribution in [-0.4, -0.2) is 33.1 Å². The van der Waals surface area contributed by atoms with E-state index in [2.05, 4.69) is 36.2 Å². The first-order valence-electron chi connectivity index (χ1n) is 9.09. The Morgan fingerprint density at radius 1 is 1.11 bits per heavy atom. The number of ether oxygens (including phenoxy) is 1. The lowest BCUT2D eigenvalue weighted by Crippen LogP contribution is -2.08. The molecule has 3 rings (SSSR count). The number of thioether (sulfide) groups is 1. The molecule has 0 unspecified atom stereocenters. The van der Waals surface area contributed by atoms with Crippen molar-refractivity contribution in [1.82, 2.24) is 14.8 Å². The molecule has 0 aliphatic heterocycles. The Balaban J connectivity index is 2.00. The van der Waals surface area contributed by atoms with E-state index in [4.69, 9.17) is 16.3 Å². The molecule has 0 aliphatic carbocycles. The highest BCUT2D eigenvalue weighted by Crippen LogP contribution is 2.29. The second-order valence-corrected chi connectivity index (χ2v) is 7.87. The van der Waals surface area contributed by atoms with Crippen molar-refractivity contribution in [3.63, 3.8) is 0 Å². The molecule has 0 fully saturated rings. The molecule has 3 aromatic rings. The van der Waals surface area contributed by atoms with Gasteiger partial charge >= 0.3 is 5.97 Å². The molecule has 146 valence electrons. The van der Waals surface area contributed by atoms with Crippen LogP contribution in [0.25, 0.3) is 17.1 Å². The number of hydrogen-bond donors (Lipinski definition) is 0. The van der Waals surface area contributed by atoms with Crippen molar-refractivity contribution in [2.45, 2.75) is 31.8 Å². The lowest BCUT2D eigenvalue weighted by molar-refractivity contribution is -0.139. The van der Waals surface area contributed by atoms with Gasteiger partial charge in [0.2, 0.25) is 0 Å². The van der Waals surface area contributed by atoms with Crippen molar-refractivity contribution in [2.24, 2.45) is 0 Å². The number of halogens is 1. The fourth-order valence-corrected chi connectivity index (χ4v) is 3.59. The van der Waals surface area contributed by atoms with E-state index in [1.165, 1.54) is 17.3 Å². The molecule has 0 atom stereocenters. The van der Waals surface area contributed by atoms with E-state index in [9.17, 15) is 4.79 Å². The standard InChI is InChI=1S/C21H22ClN3O2S/c1-4-27-19(26)13-28-21-24-23-20(16-5-9-17(22)10-6-16)25(21)18-11-7-15(8-12-18)14(2)3/h5-12,14H,4,13H2,1-3H3. The van der Waals surface area contributed by atoms with E-state index >= 15 is 0 Å². The molecule has 0 N–H and O–H groups in total. The number of rotatable bonds is 7. The fraction of sp³-hybridized carbons (Fsp3) is 0.286. The Kier molecular flexibility index (Phi) is 6.75. The predicted octanol–water partition coefficient (Wildman–Crippen LogP) is 5.37. The van der Waals surface area contributed by atoms with Crippen molar-refractivity contribution >= 4 is 29.3 Å². The van der Waals surface area contributed by atoms with E-state index < -0.39 is 0 Å².